The van der Waals surface area contributed by atoms with Crippen molar-refractivity contribution in [2.24, 2.45) is 4.99 Å². The highest BCUT2D eigenvalue weighted by molar-refractivity contribution is 7.15. The summed E-state index contributed by atoms with van der Waals surface area (Å²) in [4.78, 5) is 21.2. The maximum atomic E-state index is 12.4. The quantitative estimate of drug-likeness (QED) is 0.304. The molecule has 0 unspecified atom stereocenters. The summed E-state index contributed by atoms with van der Waals surface area (Å²) in [5.41, 5.74) is 7.75. The van der Waals surface area contributed by atoms with Crippen molar-refractivity contribution in [3.8, 4) is 16.1 Å². The number of hydrogen-bond acceptors (Lipinski definition) is 8. The van der Waals surface area contributed by atoms with E-state index in [0.29, 0.717) is 5.82 Å². The molecule has 1 atom stereocenters. The van der Waals surface area contributed by atoms with E-state index in [0.717, 1.165) is 66.1 Å². The maximum absolute atomic E-state index is 12.4. The Hall–Kier alpha value is -3.66. The van der Waals surface area contributed by atoms with Crippen LogP contribution in [0.1, 0.15) is 51.2 Å². The lowest BCUT2D eigenvalue weighted by Crippen LogP contribution is -2.35. The van der Waals surface area contributed by atoms with E-state index >= 15 is 0 Å². The Morgan fingerprint density at radius 1 is 1.02 bits per heavy atom. The molecule has 0 N–H and O–H groups in total. The summed E-state index contributed by atoms with van der Waals surface area (Å²) in [6.45, 7) is 10.7. The first-order valence-electron chi connectivity index (χ1n) is 13.6. The molecule has 206 valence electrons. The number of ether oxygens (including phenoxy) is 2. The Morgan fingerprint density at radius 3 is 2.52 bits per heavy atom. The molecule has 40 heavy (non-hydrogen) atoms. The molecule has 6 rings (SSSR count). The van der Waals surface area contributed by atoms with Gasteiger partial charge in [0.2, 0.25) is 0 Å². The SMILES string of the molecule is COC(=O)C[C@@H]1N=C(c2ccc(-c3cccc(CN4CCOCC4)c3)cc2)c2c(sc(C)c2C)-n2c(C)nnc21. The molecule has 1 saturated heterocycles. The van der Waals surface area contributed by atoms with Crippen LogP contribution in [0.15, 0.2) is 53.5 Å². The second kappa shape index (κ2) is 11.1. The Balaban J connectivity index is 1.37. The number of rotatable bonds is 6. The van der Waals surface area contributed by atoms with Crippen LogP contribution in [0.25, 0.3) is 16.1 Å². The summed E-state index contributed by atoms with van der Waals surface area (Å²) in [5.74, 6) is 1.11. The summed E-state index contributed by atoms with van der Waals surface area (Å²) < 4.78 is 12.6. The number of morpholine rings is 1. The molecule has 2 aliphatic heterocycles. The third-order valence-electron chi connectivity index (χ3n) is 7.76. The number of benzene rings is 2. The van der Waals surface area contributed by atoms with Gasteiger partial charge in [-0.15, -0.1) is 21.5 Å². The molecule has 0 spiro atoms. The number of aryl methyl sites for hydroxylation is 2. The van der Waals surface area contributed by atoms with Gasteiger partial charge in [0.05, 0.1) is 32.5 Å². The van der Waals surface area contributed by atoms with Crippen molar-refractivity contribution in [2.45, 2.75) is 39.8 Å². The molecule has 0 aliphatic carbocycles. The Kier molecular flexibility index (Phi) is 7.35. The molecule has 8 nitrogen and oxygen atoms in total. The molecule has 0 radical (unpaired) electrons. The number of thiophene rings is 1. The minimum absolute atomic E-state index is 0.0964. The predicted molar refractivity (Wildman–Crippen MR) is 156 cm³/mol. The van der Waals surface area contributed by atoms with Gasteiger partial charge in [-0.25, -0.2) is 0 Å². The molecule has 2 aromatic heterocycles. The monoisotopic (exact) mass is 555 g/mol. The lowest BCUT2D eigenvalue weighted by atomic mass is 9.96. The van der Waals surface area contributed by atoms with Crippen LogP contribution in [0.3, 0.4) is 0 Å². The van der Waals surface area contributed by atoms with E-state index in [2.05, 4.69) is 82.0 Å². The Bertz CT molecular complexity index is 1580. The third kappa shape index (κ3) is 5.00. The minimum atomic E-state index is -0.500. The number of hydrogen-bond donors (Lipinski definition) is 0. The van der Waals surface area contributed by atoms with Gasteiger partial charge in [-0.3, -0.25) is 19.3 Å². The largest absolute Gasteiger partial charge is 0.469 e. The van der Waals surface area contributed by atoms with Gasteiger partial charge < -0.3 is 9.47 Å². The fraction of sp³-hybridized carbons (Fsp3) is 0.355. The smallest absolute Gasteiger partial charge is 0.308 e. The highest BCUT2D eigenvalue weighted by Gasteiger charge is 2.32. The highest BCUT2D eigenvalue weighted by Crippen LogP contribution is 2.39. The topological polar surface area (TPSA) is 81.8 Å². The molecule has 4 aromatic rings. The van der Waals surface area contributed by atoms with Crippen LogP contribution in [0.2, 0.25) is 0 Å². The fourth-order valence-electron chi connectivity index (χ4n) is 5.45. The van der Waals surface area contributed by atoms with E-state index in [1.807, 2.05) is 6.92 Å². The van der Waals surface area contributed by atoms with Crippen LogP contribution in [-0.4, -0.2) is 64.8 Å². The van der Waals surface area contributed by atoms with Gasteiger partial charge in [0, 0.05) is 35.6 Å². The van der Waals surface area contributed by atoms with Crippen LogP contribution in [0.4, 0.5) is 0 Å². The lowest BCUT2D eigenvalue weighted by Gasteiger charge is -2.26. The zero-order valence-electron chi connectivity index (χ0n) is 23.3. The molecule has 0 amide bonds. The second-order valence-corrected chi connectivity index (χ2v) is 11.5. The number of carbonyl (C=O) groups excluding carboxylic acids is 1. The normalized spacial score (nSPS) is 17.1. The summed E-state index contributed by atoms with van der Waals surface area (Å²) >= 11 is 1.71. The van der Waals surface area contributed by atoms with Gasteiger partial charge in [-0.1, -0.05) is 42.5 Å². The second-order valence-electron chi connectivity index (χ2n) is 10.3. The van der Waals surface area contributed by atoms with E-state index in [1.54, 1.807) is 11.3 Å². The number of methoxy groups -OCH3 is 1. The van der Waals surface area contributed by atoms with Crippen LogP contribution in [0.5, 0.6) is 0 Å². The van der Waals surface area contributed by atoms with Crippen molar-refractivity contribution in [1.29, 1.82) is 0 Å². The Morgan fingerprint density at radius 2 is 1.77 bits per heavy atom. The van der Waals surface area contributed by atoms with Crippen LogP contribution in [0, 0.1) is 20.8 Å². The van der Waals surface area contributed by atoms with Gasteiger partial charge in [0.15, 0.2) is 5.82 Å². The van der Waals surface area contributed by atoms with Crippen molar-refractivity contribution in [1.82, 2.24) is 19.7 Å². The van der Waals surface area contributed by atoms with E-state index in [1.165, 1.54) is 28.7 Å². The van der Waals surface area contributed by atoms with Gasteiger partial charge >= 0.3 is 5.97 Å². The van der Waals surface area contributed by atoms with Crippen molar-refractivity contribution < 1.29 is 14.3 Å². The molecule has 9 heteroatoms. The number of nitrogens with zero attached hydrogens (tertiary/aromatic N) is 5. The third-order valence-corrected chi connectivity index (χ3v) is 8.95. The molecular weight excluding hydrogens is 522 g/mol. The number of aromatic nitrogens is 3. The van der Waals surface area contributed by atoms with Gasteiger partial charge in [0.25, 0.3) is 0 Å². The van der Waals surface area contributed by atoms with Crippen LogP contribution < -0.4 is 0 Å². The molecule has 1 fully saturated rings. The first-order valence-corrected chi connectivity index (χ1v) is 14.4. The van der Waals surface area contributed by atoms with Gasteiger partial charge in [-0.2, -0.15) is 0 Å². The van der Waals surface area contributed by atoms with Crippen molar-refractivity contribution in [2.75, 3.05) is 33.4 Å². The first-order chi connectivity index (χ1) is 19.4. The van der Waals surface area contributed by atoms with Crippen LogP contribution >= 0.6 is 11.3 Å². The van der Waals surface area contributed by atoms with Crippen molar-refractivity contribution in [3.63, 3.8) is 0 Å². The van der Waals surface area contributed by atoms with Crippen molar-refractivity contribution >= 4 is 23.0 Å². The number of fused-ring (bicyclic) bond motifs is 3. The average Bonchev–Trinajstić information content (AvgIpc) is 3.45. The first kappa shape index (κ1) is 26.6. The van der Waals surface area contributed by atoms with Crippen molar-refractivity contribution in [3.05, 3.63) is 87.3 Å². The molecule has 0 bridgehead atoms. The molecule has 2 aromatic carbocycles. The van der Waals surface area contributed by atoms with Crippen LogP contribution in [-0.2, 0) is 20.8 Å². The number of esters is 1. The molecule has 2 aliphatic rings. The summed E-state index contributed by atoms with van der Waals surface area (Å²) in [7, 11) is 1.40. The fourth-order valence-corrected chi connectivity index (χ4v) is 6.67. The number of carbonyl (C=O) groups is 1. The summed E-state index contributed by atoms with van der Waals surface area (Å²) in [6, 6.07) is 16.8. The molecule has 4 heterocycles. The summed E-state index contributed by atoms with van der Waals surface area (Å²) in [5, 5.41) is 9.83. The van der Waals surface area contributed by atoms with E-state index < -0.39 is 6.04 Å². The zero-order valence-corrected chi connectivity index (χ0v) is 24.1. The van der Waals surface area contributed by atoms with E-state index in [9.17, 15) is 4.79 Å². The predicted octanol–water partition coefficient (Wildman–Crippen LogP) is 5.21. The lowest BCUT2D eigenvalue weighted by molar-refractivity contribution is -0.141. The minimum Gasteiger partial charge on any atom is -0.469 e. The molecule has 0 saturated carbocycles. The standard InChI is InChI=1S/C31H33N5O3S/c1-19-20(2)40-31-28(19)29(32-26(17-27(37)38-4)30-34-33-21(3)36(30)31)24-10-8-23(9-11-24)25-7-5-6-22(16-25)18-35-12-14-39-15-13-35/h5-11,16,26H,12-15,17-18H2,1-4H3/t26-/m0/s1. The van der Waals surface area contributed by atoms with Gasteiger partial charge in [-0.05, 0) is 49.1 Å². The average molecular weight is 556 g/mol. The highest BCUT2D eigenvalue weighted by atomic mass is 32.1. The van der Waals surface area contributed by atoms with E-state index in [-0.39, 0.29) is 12.4 Å². The Labute approximate surface area is 238 Å². The summed E-state index contributed by atoms with van der Waals surface area (Å²) in [6.07, 6.45) is 0.0964. The molecular formula is C31H33N5O3S. The van der Waals surface area contributed by atoms with E-state index in [4.69, 9.17) is 14.5 Å². The zero-order chi connectivity index (χ0) is 27.8. The maximum Gasteiger partial charge on any atom is 0.308 e. The number of aliphatic imine (C=N–C) groups is 1. The van der Waals surface area contributed by atoms with Gasteiger partial charge in [0.1, 0.15) is 16.9 Å².